The maximum Gasteiger partial charge on any atom is 0.225 e. The first-order valence-corrected chi connectivity index (χ1v) is 12.4. The number of hydrogen-bond donors (Lipinski definition) is 2. The third-order valence-corrected chi connectivity index (χ3v) is 6.95. The molecule has 0 bridgehead atoms. The lowest BCUT2D eigenvalue weighted by molar-refractivity contribution is 0.351. The van der Waals surface area contributed by atoms with E-state index in [1.54, 1.807) is 6.26 Å². The number of fused-ring (bicyclic) bond motifs is 2. The van der Waals surface area contributed by atoms with Gasteiger partial charge in [-0.1, -0.05) is 28.1 Å². The first-order valence-electron chi connectivity index (χ1n) is 11.6. The van der Waals surface area contributed by atoms with Crippen molar-refractivity contribution in [3.05, 3.63) is 69.0 Å². The van der Waals surface area contributed by atoms with Crippen molar-refractivity contribution in [3.8, 4) is 0 Å². The van der Waals surface area contributed by atoms with Gasteiger partial charge in [0.15, 0.2) is 5.43 Å². The van der Waals surface area contributed by atoms with Crippen molar-refractivity contribution in [3.63, 3.8) is 0 Å². The molecule has 2 N–H and O–H groups in total. The second kappa shape index (κ2) is 9.72. The first-order chi connectivity index (χ1) is 16.5. The van der Waals surface area contributed by atoms with E-state index in [0.29, 0.717) is 41.1 Å². The largest absolute Gasteiger partial charge is 0.464 e. The van der Waals surface area contributed by atoms with Crippen LogP contribution in [0.3, 0.4) is 0 Å². The lowest BCUT2D eigenvalue weighted by atomic mass is 9.91. The highest BCUT2D eigenvalue weighted by Gasteiger charge is 2.22. The fourth-order valence-corrected chi connectivity index (χ4v) is 4.97. The van der Waals surface area contributed by atoms with Crippen LogP contribution in [-0.4, -0.2) is 36.1 Å². The molecule has 1 saturated carbocycles. The highest BCUT2D eigenvalue weighted by atomic mass is 79.9. The van der Waals surface area contributed by atoms with Crippen LogP contribution < -0.4 is 21.0 Å². The molecule has 0 aliphatic heterocycles. The van der Waals surface area contributed by atoms with Gasteiger partial charge in [-0.2, -0.15) is 4.98 Å². The van der Waals surface area contributed by atoms with Crippen molar-refractivity contribution < 1.29 is 4.42 Å². The van der Waals surface area contributed by atoms with Gasteiger partial charge in [0.25, 0.3) is 0 Å². The quantitative estimate of drug-likeness (QED) is 0.366. The Labute approximate surface area is 206 Å². The van der Waals surface area contributed by atoms with Gasteiger partial charge in [0.2, 0.25) is 5.95 Å². The van der Waals surface area contributed by atoms with Crippen LogP contribution in [0.1, 0.15) is 31.2 Å². The number of nitrogens with zero attached hydrogens (tertiary/aromatic N) is 3. The maximum absolute atomic E-state index is 12.8. The summed E-state index contributed by atoms with van der Waals surface area (Å²) in [5, 5.41) is 8.76. The van der Waals surface area contributed by atoms with Crippen molar-refractivity contribution in [2.24, 2.45) is 0 Å². The molecular weight excluding hydrogens is 494 g/mol. The first kappa shape index (κ1) is 22.8. The summed E-state index contributed by atoms with van der Waals surface area (Å²) in [6.45, 7) is 0.507. The molecule has 0 spiro atoms. The summed E-state index contributed by atoms with van der Waals surface area (Å²) in [5.74, 6) is 1.60. The second-order valence-electron chi connectivity index (χ2n) is 9.09. The highest BCUT2D eigenvalue weighted by molar-refractivity contribution is 9.10. The molecule has 0 atom stereocenters. The molecule has 2 heterocycles. The lowest BCUT2D eigenvalue weighted by Gasteiger charge is -2.30. The zero-order valence-electron chi connectivity index (χ0n) is 19.3. The number of benzene rings is 2. The van der Waals surface area contributed by atoms with Gasteiger partial charge < -0.3 is 20.0 Å². The number of rotatable bonds is 6. The van der Waals surface area contributed by atoms with Crippen LogP contribution in [0.15, 0.2) is 62.4 Å². The molecule has 0 radical (unpaired) electrons. The van der Waals surface area contributed by atoms with Crippen LogP contribution in [0, 0.1) is 0 Å². The molecule has 2 aromatic carbocycles. The van der Waals surface area contributed by atoms with E-state index in [1.807, 2.05) is 55.4 Å². The Kier molecular flexibility index (Phi) is 6.52. The molecule has 0 amide bonds. The van der Waals surface area contributed by atoms with Gasteiger partial charge in [-0.05, 0) is 56.0 Å². The molecule has 0 saturated heterocycles. The normalized spacial score (nSPS) is 18.3. The van der Waals surface area contributed by atoms with Crippen LogP contribution in [0.2, 0.25) is 0 Å². The predicted molar refractivity (Wildman–Crippen MR) is 141 cm³/mol. The maximum atomic E-state index is 12.8. The summed E-state index contributed by atoms with van der Waals surface area (Å²) in [7, 11) is 4.01. The van der Waals surface area contributed by atoms with E-state index in [2.05, 4.69) is 32.6 Å². The van der Waals surface area contributed by atoms with E-state index in [9.17, 15) is 4.79 Å². The Hall–Kier alpha value is -2.97. The molecular formula is C26H28BrN5O2. The van der Waals surface area contributed by atoms with E-state index >= 15 is 0 Å². The molecule has 2 aromatic heterocycles. The summed E-state index contributed by atoms with van der Waals surface area (Å²) in [5.41, 5.74) is 2.24. The van der Waals surface area contributed by atoms with E-state index in [1.165, 1.54) is 0 Å². The molecule has 1 fully saturated rings. The van der Waals surface area contributed by atoms with Gasteiger partial charge in [-0.25, -0.2) is 4.98 Å². The summed E-state index contributed by atoms with van der Waals surface area (Å²) in [6, 6.07) is 14.3. The van der Waals surface area contributed by atoms with Gasteiger partial charge >= 0.3 is 0 Å². The Morgan fingerprint density at radius 1 is 1.03 bits per heavy atom. The highest BCUT2D eigenvalue weighted by Crippen LogP contribution is 2.26. The van der Waals surface area contributed by atoms with Crippen molar-refractivity contribution in [1.29, 1.82) is 0 Å². The summed E-state index contributed by atoms with van der Waals surface area (Å²) in [6.07, 6.45) is 5.67. The van der Waals surface area contributed by atoms with Crippen LogP contribution in [0.25, 0.3) is 21.9 Å². The number of halogens is 1. The van der Waals surface area contributed by atoms with Crippen molar-refractivity contribution in [2.75, 3.05) is 24.3 Å². The minimum absolute atomic E-state index is 0.0237. The van der Waals surface area contributed by atoms with E-state index in [0.717, 1.165) is 46.9 Å². The monoisotopic (exact) mass is 521 g/mol. The van der Waals surface area contributed by atoms with Crippen molar-refractivity contribution >= 4 is 49.6 Å². The fraction of sp³-hybridized carbons (Fsp3) is 0.346. The molecule has 1 aliphatic rings. The standard InChI is InChI=1S/C26H28BrN5O2/c1-32(2)25-20-5-3-4-6-22(20)30-26(31-25)29-19-10-8-18(9-11-19)28-14-16-15-34-23-12-7-17(27)13-21(23)24(16)33/h3-7,12-13,15,18-19,28H,8-11,14H2,1-2H3,(H,29,30,31)/t18-,19+. The number of hydrogen-bond acceptors (Lipinski definition) is 7. The number of aromatic nitrogens is 2. The van der Waals surface area contributed by atoms with E-state index in [-0.39, 0.29) is 5.43 Å². The third kappa shape index (κ3) is 4.79. The van der Waals surface area contributed by atoms with Gasteiger partial charge in [-0.15, -0.1) is 0 Å². The molecule has 34 heavy (non-hydrogen) atoms. The number of nitrogens with one attached hydrogen (secondary N) is 2. The Morgan fingerprint density at radius 3 is 2.59 bits per heavy atom. The van der Waals surface area contributed by atoms with Gasteiger partial charge in [0, 0.05) is 48.1 Å². The minimum atomic E-state index is 0.0237. The van der Waals surface area contributed by atoms with E-state index in [4.69, 9.17) is 14.4 Å². The number of para-hydroxylation sites is 1. The second-order valence-corrected chi connectivity index (χ2v) is 10.0. The SMILES string of the molecule is CN(C)c1nc(N[C@H]2CC[C@@H](NCc3coc4ccc(Br)cc4c3=O)CC2)nc2ccccc12. The fourth-order valence-electron chi connectivity index (χ4n) is 4.61. The number of anilines is 2. The van der Waals surface area contributed by atoms with Gasteiger partial charge in [0.05, 0.1) is 17.2 Å². The average molecular weight is 522 g/mol. The summed E-state index contributed by atoms with van der Waals surface area (Å²) < 4.78 is 6.54. The van der Waals surface area contributed by atoms with Gasteiger partial charge in [-0.3, -0.25) is 4.79 Å². The van der Waals surface area contributed by atoms with Crippen LogP contribution >= 0.6 is 15.9 Å². The van der Waals surface area contributed by atoms with Crippen LogP contribution in [0.4, 0.5) is 11.8 Å². The van der Waals surface area contributed by atoms with Crippen molar-refractivity contribution in [1.82, 2.24) is 15.3 Å². The Balaban J connectivity index is 1.20. The van der Waals surface area contributed by atoms with Crippen LogP contribution in [-0.2, 0) is 6.54 Å². The molecule has 5 rings (SSSR count). The molecule has 1 aliphatic carbocycles. The molecule has 8 heteroatoms. The smallest absolute Gasteiger partial charge is 0.225 e. The average Bonchev–Trinajstić information content (AvgIpc) is 2.84. The Morgan fingerprint density at radius 2 is 1.79 bits per heavy atom. The lowest BCUT2D eigenvalue weighted by Crippen LogP contribution is -2.37. The summed E-state index contributed by atoms with van der Waals surface area (Å²) in [4.78, 5) is 24.4. The molecule has 7 nitrogen and oxygen atoms in total. The molecule has 0 unspecified atom stereocenters. The molecule has 4 aromatic rings. The minimum Gasteiger partial charge on any atom is -0.464 e. The summed E-state index contributed by atoms with van der Waals surface area (Å²) >= 11 is 3.43. The zero-order chi connectivity index (χ0) is 23.7. The molecule has 176 valence electrons. The topological polar surface area (TPSA) is 83.3 Å². The Bertz CT molecular complexity index is 1380. The van der Waals surface area contributed by atoms with Gasteiger partial charge in [0.1, 0.15) is 11.4 Å². The van der Waals surface area contributed by atoms with Crippen molar-refractivity contribution in [2.45, 2.75) is 44.3 Å². The zero-order valence-corrected chi connectivity index (χ0v) is 20.9. The van der Waals surface area contributed by atoms with E-state index < -0.39 is 0 Å². The third-order valence-electron chi connectivity index (χ3n) is 6.45. The predicted octanol–water partition coefficient (Wildman–Crippen LogP) is 5.08. The van der Waals surface area contributed by atoms with Crippen LogP contribution in [0.5, 0.6) is 0 Å².